The molecular formula is C16H26N2. The molecule has 1 heterocycles. The third-order valence-electron chi connectivity index (χ3n) is 3.69. The largest absolute Gasteiger partial charge is 0.383 e. The number of hydrogen-bond donors (Lipinski definition) is 1. The van der Waals surface area contributed by atoms with Crippen LogP contribution in [0.5, 0.6) is 0 Å². The van der Waals surface area contributed by atoms with Crippen LogP contribution in [0.15, 0.2) is 24.3 Å². The van der Waals surface area contributed by atoms with Crippen molar-refractivity contribution < 1.29 is 0 Å². The van der Waals surface area contributed by atoms with Crippen molar-refractivity contribution in [2.45, 2.75) is 52.1 Å². The van der Waals surface area contributed by atoms with E-state index in [0.717, 1.165) is 6.54 Å². The molecule has 1 aromatic carbocycles. The standard InChI is InChI=1S/C16H26N2/c1-3-6-14(2)17-16-9-7-15(8-10-16)13-18-11-4-5-12-18/h7-10,14,17H,3-6,11-13H2,1-2H3. The Balaban J connectivity index is 1.84. The van der Waals surface area contributed by atoms with Crippen molar-refractivity contribution in [3.05, 3.63) is 29.8 Å². The Hall–Kier alpha value is -1.02. The molecule has 1 N–H and O–H groups in total. The summed E-state index contributed by atoms with van der Waals surface area (Å²) in [6, 6.07) is 9.53. The summed E-state index contributed by atoms with van der Waals surface area (Å²) in [5, 5.41) is 3.55. The van der Waals surface area contributed by atoms with Crippen molar-refractivity contribution in [3.8, 4) is 0 Å². The summed E-state index contributed by atoms with van der Waals surface area (Å²) in [5.41, 5.74) is 2.69. The van der Waals surface area contributed by atoms with Gasteiger partial charge in [-0.3, -0.25) is 4.90 Å². The maximum Gasteiger partial charge on any atom is 0.0342 e. The molecule has 2 nitrogen and oxygen atoms in total. The van der Waals surface area contributed by atoms with Gasteiger partial charge in [-0.25, -0.2) is 0 Å². The van der Waals surface area contributed by atoms with E-state index in [1.54, 1.807) is 0 Å². The first kappa shape index (κ1) is 13.4. The van der Waals surface area contributed by atoms with E-state index in [-0.39, 0.29) is 0 Å². The van der Waals surface area contributed by atoms with Crippen LogP contribution in [-0.2, 0) is 6.54 Å². The molecule has 1 saturated heterocycles. The zero-order chi connectivity index (χ0) is 12.8. The predicted octanol–water partition coefficient (Wildman–Crippen LogP) is 3.88. The van der Waals surface area contributed by atoms with Crippen LogP contribution >= 0.6 is 0 Å². The molecule has 0 radical (unpaired) electrons. The molecule has 1 aromatic rings. The van der Waals surface area contributed by atoms with Crippen LogP contribution in [-0.4, -0.2) is 24.0 Å². The molecule has 2 rings (SSSR count). The summed E-state index contributed by atoms with van der Waals surface area (Å²) >= 11 is 0. The second-order valence-corrected chi connectivity index (χ2v) is 5.51. The average Bonchev–Trinajstić information content (AvgIpc) is 2.85. The van der Waals surface area contributed by atoms with Crippen molar-refractivity contribution in [2.24, 2.45) is 0 Å². The number of anilines is 1. The van der Waals surface area contributed by atoms with E-state index < -0.39 is 0 Å². The second-order valence-electron chi connectivity index (χ2n) is 5.51. The summed E-state index contributed by atoms with van der Waals surface area (Å²) in [6.07, 6.45) is 5.21. The Bertz CT molecular complexity index is 339. The molecule has 100 valence electrons. The van der Waals surface area contributed by atoms with E-state index in [0.29, 0.717) is 6.04 Å². The van der Waals surface area contributed by atoms with Crippen molar-refractivity contribution in [2.75, 3.05) is 18.4 Å². The van der Waals surface area contributed by atoms with E-state index in [1.165, 1.54) is 50.0 Å². The molecule has 18 heavy (non-hydrogen) atoms. The zero-order valence-electron chi connectivity index (χ0n) is 11.8. The SMILES string of the molecule is CCCC(C)Nc1ccc(CN2CCCC2)cc1. The van der Waals surface area contributed by atoms with Gasteiger partial charge < -0.3 is 5.32 Å². The van der Waals surface area contributed by atoms with Gasteiger partial charge in [0.1, 0.15) is 0 Å². The lowest BCUT2D eigenvalue weighted by Gasteiger charge is -2.17. The van der Waals surface area contributed by atoms with Gasteiger partial charge in [0.25, 0.3) is 0 Å². The normalized spacial score (nSPS) is 17.9. The van der Waals surface area contributed by atoms with E-state index in [1.807, 2.05) is 0 Å². The lowest BCUT2D eigenvalue weighted by atomic mass is 10.1. The fourth-order valence-corrected chi connectivity index (χ4v) is 2.70. The van der Waals surface area contributed by atoms with Gasteiger partial charge in [0.2, 0.25) is 0 Å². The third-order valence-corrected chi connectivity index (χ3v) is 3.69. The molecule has 0 amide bonds. The first-order valence-corrected chi connectivity index (χ1v) is 7.35. The minimum absolute atomic E-state index is 0.569. The Morgan fingerprint density at radius 1 is 1.17 bits per heavy atom. The van der Waals surface area contributed by atoms with Crippen LogP contribution in [0.25, 0.3) is 0 Å². The van der Waals surface area contributed by atoms with E-state index in [4.69, 9.17) is 0 Å². The van der Waals surface area contributed by atoms with Crippen LogP contribution in [0.2, 0.25) is 0 Å². The summed E-state index contributed by atoms with van der Waals surface area (Å²) in [5.74, 6) is 0. The molecule has 0 bridgehead atoms. The minimum Gasteiger partial charge on any atom is -0.383 e. The molecule has 0 aromatic heterocycles. The molecule has 0 spiro atoms. The lowest BCUT2D eigenvalue weighted by Crippen LogP contribution is -2.18. The van der Waals surface area contributed by atoms with Crippen molar-refractivity contribution >= 4 is 5.69 Å². The topological polar surface area (TPSA) is 15.3 Å². The van der Waals surface area contributed by atoms with Gasteiger partial charge >= 0.3 is 0 Å². The molecule has 1 aliphatic rings. The molecule has 1 unspecified atom stereocenters. The van der Waals surface area contributed by atoms with Gasteiger partial charge in [-0.2, -0.15) is 0 Å². The van der Waals surface area contributed by atoms with E-state index in [2.05, 4.69) is 48.3 Å². The fourth-order valence-electron chi connectivity index (χ4n) is 2.70. The Labute approximate surface area is 111 Å². The Kier molecular flexibility index (Phi) is 5.06. The first-order chi connectivity index (χ1) is 8.78. The third kappa shape index (κ3) is 4.02. The lowest BCUT2D eigenvalue weighted by molar-refractivity contribution is 0.331. The van der Waals surface area contributed by atoms with Gasteiger partial charge in [0, 0.05) is 18.3 Å². The van der Waals surface area contributed by atoms with Crippen LogP contribution in [0.1, 0.15) is 45.1 Å². The fraction of sp³-hybridized carbons (Fsp3) is 0.625. The highest BCUT2D eigenvalue weighted by Gasteiger charge is 2.11. The summed E-state index contributed by atoms with van der Waals surface area (Å²) in [6.45, 7) is 8.14. The number of nitrogens with zero attached hydrogens (tertiary/aromatic N) is 1. The molecule has 0 aliphatic carbocycles. The van der Waals surface area contributed by atoms with Crippen molar-refractivity contribution in [1.29, 1.82) is 0 Å². The van der Waals surface area contributed by atoms with Crippen LogP contribution in [0, 0.1) is 0 Å². The van der Waals surface area contributed by atoms with Gasteiger partial charge in [0.05, 0.1) is 0 Å². The number of likely N-dealkylation sites (tertiary alicyclic amines) is 1. The Morgan fingerprint density at radius 2 is 1.83 bits per heavy atom. The number of rotatable bonds is 6. The maximum atomic E-state index is 3.55. The van der Waals surface area contributed by atoms with Crippen molar-refractivity contribution in [1.82, 2.24) is 4.90 Å². The highest BCUT2D eigenvalue weighted by molar-refractivity contribution is 5.45. The second kappa shape index (κ2) is 6.79. The average molecular weight is 246 g/mol. The summed E-state index contributed by atoms with van der Waals surface area (Å²) in [4.78, 5) is 2.54. The van der Waals surface area contributed by atoms with Crippen molar-refractivity contribution in [3.63, 3.8) is 0 Å². The number of benzene rings is 1. The van der Waals surface area contributed by atoms with Crippen LogP contribution in [0.3, 0.4) is 0 Å². The maximum absolute atomic E-state index is 3.55. The molecular weight excluding hydrogens is 220 g/mol. The molecule has 2 heteroatoms. The smallest absolute Gasteiger partial charge is 0.0342 e. The number of hydrogen-bond acceptors (Lipinski definition) is 2. The zero-order valence-corrected chi connectivity index (χ0v) is 11.8. The predicted molar refractivity (Wildman–Crippen MR) is 78.9 cm³/mol. The van der Waals surface area contributed by atoms with Gasteiger partial charge in [-0.15, -0.1) is 0 Å². The minimum atomic E-state index is 0.569. The van der Waals surface area contributed by atoms with Gasteiger partial charge in [0.15, 0.2) is 0 Å². The molecule has 0 saturated carbocycles. The van der Waals surface area contributed by atoms with Crippen LogP contribution < -0.4 is 5.32 Å². The summed E-state index contributed by atoms with van der Waals surface area (Å²) < 4.78 is 0. The molecule has 1 atom stereocenters. The molecule has 1 fully saturated rings. The monoisotopic (exact) mass is 246 g/mol. The van der Waals surface area contributed by atoms with E-state index in [9.17, 15) is 0 Å². The van der Waals surface area contributed by atoms with Crippen LogP contribution in [0.4, 0.5) is 5.69 Å². The van der Waals surface area contributed by atoms with E-state index >= 15 is 0 Å². The highest BCUT2D eigenvalue weighted by atomic mass is 15.1. The summed E-state index contributed by atoms with van der Waals surface area (Å²) in [7, 11) is 0. The quantitative estimate of drug-likeness (QED) is 0.819. The molecule has 1 aliphatic heterocycles. The van der Waals surface area contributed by atoms with Gasteiger partial charge in [-0.05, 0) is 57.0 Å². The van der Waals surface area contributed by atoms with Gasteiger partial charge in [-0.1, -0.05) is 25.5 Å². The Morgan fingerprint density at radius 3 is 2.44 bits per heavy atom. The first-order valence-electron chi connectivity index (χ1n) is 7.35. The number of nitrogens with one attached hydrogen (secondary N) is 1. The highest BCUT2D eigenvalue weighted by Crippen LogP contribution is 2.16.